The molecule has 0 bridgehead atoms. The van der Waals surface area contributed by atoms with Gasteiger partial charge in [0, 0.05) is 29.2 Å². The lowest BCUT2D eigenvalue weighted by Crippen LogP contribution is -2.11. The fourth-order valence-electron chi connectivity index (χ4n) is 5.44. The molecule has 3 aromatic carbocycles. The summed E-state index contributed by atoms with van der Waals surface area (Å²) >= 11 is 0. The zero-order valence-electron chi connectivity index (χ0n) is 25.1. The molecule has 6 rings (SSSR count). The first kappa shape index (κ1) is 27.4. The van der Waals surface area contributed by atoms with E-state index in [1.54, 1.807) is 0 Å². The predicted octanol–water partition coefficient (Wildman–Crippen LogP) is 9.12. The smallest absolute Gasteiger partial charge is 0.149 e. The molecule has 0 aliphatic heterocycles. The first-order valence-corrected chi connectivity index (χ1v) is 14.4. The number of para-hydroxylation sites is 2. The topological polar surface area (TPSA) is 63.8 Å². The molecule has 0 unspecified atom stereocenters. The second-order valence-electron chi connectivity index (χ2n) is 12.8. The molecule has 0 spiro atoms. The maximum Gasteiger partial charge on any atom is 0.149 e. The highest BCUT2D eigenvalue weighted by atomic mass is 16.3. The monoisotopic (exact) mass is 552 g/mol. The van der Waals surface area contributed by atoms with E-state index in [1.165, 1.54) is 5.56 Å². The average molecular weight is 553 g/mol. The Morgan fingerprint density at radius 2 is 1.40 bits per heavy atom. The largest absolute Gasteiger partial charge is 0.507 e. The summed E-state index contributed by atoms with van der Waals surface area (Å²) in [5.74, 6) is 0.921. The van der Waals surface area contributed by atoms with E-state index in [1.807, 2.05) is 73.1 Å². The molecule has 1 N–H and O–H groups in total. The molecule has 210 valence electrons. The second kappa shape index (κ2) is 10.3. The summed E-state index contributed by atoms with van der Waals surface area (Å²) in [4.78, 5) is 14.8. The van der Waals surface area contributed by atoms with Gasteiger partial charge in [-0.2, -0.15) is 0 Å². The molecule has 5 nitrogen and oxygen atoms in total. The summed E-state index contributed by atoms with van der Waals surface area (Å²) < 4.78 is 2.12. The van der Waals surface area contributed by atoms with Crippen LogP contribution in [-0.2, 0) is 10.8 Å². The zero-order valence-corrected chi connectivity index (χ0v) is 25.1. The Morgan fingerprint density at radius 1 is 0.667 bits per heavy atom. The van der Waals surface area contributed by atoms with Crippen molar-refractivity contribution in [1.29, 1.82) is 0 Å². The molecule has 0 atom stereocenters. The standard InChI is InChI=1S/C37H36N4O/c1-36(2,3)26-22-24(30-17-10-11-19-38-30)21-25(23-26)32-33-31(18-20-39-32)41(27-13-8-7-9-14-27)35(40-33)28-15-12-16-29(34(28)42)37(4,5)6/h7-23,42H,1-6H3. The van der Waals surface area contributed by atoms with Gasteiger partial charge in [-0.1, -0.05) is 77.9 Å². The van der Waals surface area contributed by atoms with E-state index >= 15 is 0 Å². The van der Waals surface area contributed by atoms with Gasteiger partial charge in [0.2, 0.25) is 0 Å². The number of nitrogens with zero attached hydrogens (tertiary/aromatic N) is 4. The van der Waals surface area contributed by atoms with Crippen LogP contribution >= 0.6 is 0 Å². The molecule has 0 saturated carbocycles. The Bertz CT molecular complexity index is 1890. The highest BCUT2D eigenvalue weighted by Crippen LogP contribution is 2.41. The van der Waals surface area contributed by atoms with Crippen molar-refractivity contribution in [3.05, 3.63) is 115 Å². The van der Waals surface area contributed by atoms with Crippen LogP contribution in [0.4, 0.5) is 0 Å². The number of aromatic nitrogens is 4. The van der Waals surface area contributed by atoms with E-state index < -0.39 is 0 Å². The number of pyridine rings is 2. The third-order valence-corrected chi connectivity index (χ3v) is 7.71. The summed E-state index contributed by atoms with van der Waals surface area (Å²) in [7, 11) is 0. The molecule has 5 heteroatoms. The van der Waals surface area contributed by atoms with Crippen LogP contribution in [-0.4, -0.2) is 24.6 Å². The Kier molecular flexibility index (Phi) is 6.69. The van der Waals surface area contributed by atoms with Crippen LogP contribution in [0.5, 0.6) is 5.75 Å². The van der Waals surface area contributed by atoms with E-state index in [0.717, 1.165) is 44.8 Å². The quantitative estimate of drug-likeness (QED) is 0.237. The predicted molar refractivity (Wildman–Crippen MR) is 172 cm³/mol. The number of phenols is 1. The van der Waals surface area contributed by atoms with Crippen LogP contribution in [0, 0.1) is 0 Å². The summed E-state index contributed by atoms with van der Waals surface area (Å²) in [6, 6.07) is 30.7. The third-order valence-electron chi connectivity index (χ3n) is 7.71. The molecule has 0 aliphatic rings. The molecule has 3 aromatic heterocycles. The van der Waals surface area contributed by atoms with E-state index in [2.05, 4.69) is 81.4 Å². The number of fused-ring (bicyclic) bond motifs is 1. The number of phenolic OH excluding ortho intramolecular Hbond substituents is 1. The van der Waals surface area contributed by atoms with Gasteiger partial charge in [0.15, 0.2) is 0 Å². The van der Waals surface area contributed by atoms with E-state index in [4.69, 9.17) is 9.97 Å². The minimum atomic E-state index is -0.230. The molecule has 6 aromatic rings. The van der Waals surface area contributed by atoms with Crippen molar-refractivity contribution in [3.63, 3.8) is 0 Å². The van der Waals surface area contributed by atoms with Gasteiger partial charge in [-0.3, -0.25) is 14.5 Å². The van der Waals surface area contributed by atoms with Crippen molar-refractivity contribution < 1.29 is 5.11 Å². The number of benzene rings is 3. The summed E-state index contributed by atoms with van der Waals surface area (Å²) in [6.45, 7) is 13.0. The maximum atomic E-state index is 11.6. The SMILES string of the molecule is CC(C)(C)c1cc(-c2ccccn2)cc(-c2nccc3c2nc(-c2cccc(C(C)(C)C)c2O)n3-c2ccccc2)c1. The highest BCUT2D eigenvalue weighted by Gasteiger charge is 2.25. The van der Waals surface area contributed by atoms with Crippen molar-refractivity contribution in [2.24, 2.45) is 0 Å². The molecule has 0 aliphatic carbocycles. The number of hydrogen-bond donors (Lipinski definition) is 1. The average Bonchev–Trinajstić information content (AvgIpc) is 3.36. The summed E-state index contributed by atoms with van der Waals surface area (Å²) in [5.41, 5.74) is 8.82. The Morgan fingerprint density at radius 3 is 2.10 bits per heavy atom. The minimum Gasteiger partial charge on any atom is -0.507 e. The molecule has 3 heterocycles. The summed E-state index contributed by atoms with van der Waals surface area (Å²) in [5, 5.41) is 11.6. The fourth-order valence-corrected chi connectivity index (χ4v) is 5.44. The van der Waals surface area contributed by atoms with Crippen LogP contribution in [0.1, 0.15) is 52.7 Å². The van der Waals surface area contributed by atoms with Gasteiger partial charge < -0.3 is 5.11 Å². The van der Waals surface area contributed by atoms with Crippen molar-refractivity contribution in [1.82, 2.24) is 19.5 Å². The third kappa shape index (κ3) is 4.96. The maximum absolute atomic E-state index is 11.6. The zero-order chi connectivity index (χ0) is 29.6. The Hall–Kier alpha value is -4.77. The van der Waals surface area contributed by atoms with Gasteiger partial charge in [0.05, 0.1) is 22.5 Å². The van der Waals surface area contributed by atoms with Crippen LogP contribution in [0.2, 0.25) is 0 Å². The molecular formula is C37H36N4O. The van der Waals surface area contributed by atoms with Gasteiger partial charge in [0.1, 0.15) is 17.1 Å². The van der Waals surface area contributed by atoms with Gasteiger partial charge in [0.25, 0.3) is 0 Å². The van der Waals surface area contributed by atoms with Gasteiger partial charge in [-0.25, -0.2) is 4.98 Å². The van der Waals surface area contributed by atoms with E-state index in [9.17, 15) is 5.11 Å². The molecule has 0 saturated heterocycles. The molecule has 0 radical (unpaired) electrons. The van der Waals surface area contributed by atoms with Crippen molar-refractivity contribution in [2.75, 3.05) is 0 Å². The number of aromatic hydroxyl groups is 1. The van der Waals surface area contributed by atoms with Gasteiger partial charge >= 0.3 is 0 Å². The van der Waals surface area contributed by atoms with Gasteiger partial charge in [-0.05, 0) is 76.6 Å². The Balaban J connectivity index is 1.66. The van der Waals surface area contributed by atoms with Crippen LogP contribution in [0.3, 0.4) is 0 Å². The van der Waals surface area contributed by atoms with Crippen LogP contribution in [0.25, 0.3) is 50.6 Å². The van der Waals surface area contributed by atoms with Crippen LogP contribution < -0.4 is 0 Å². The fraction of sp³-hybridized carbons (Fsp3) is 0.216. The van der Waals surface area contributed by atoms with Crippen molar-refractivity contribution in [2.45, 2.75) is 52.4 Å². The van der Waals surface area contributed by atoms with Crippen molar-refractivity contribution >= 4 is 11.0 Å². The minimum absolute atomic E-state index is 0.0822. The van der Waals surface area contributed by atoms with Crippen molar-refractivity contribution in [3.8, 4) is 45.3 Å². The number of hydrogen-bond acceptors (Lipinski definition) is 4. The van der Waals surface area contributed by atoms with E-state index in [0.29, 0.717) is 11.4 Å². The number of rotatable bonds is 4. The highest BCUT2D eigenvalue weighted by molar-refractivity contribution is 5.94. The molecular weight excluding hydrogens is 516 g/mol. The molecule has 0 amide bonds. The number of imidazole rings is 1. The first-order chi connectivity index (χ1) is 20.0. The normalized spacial score (nSPS) is 12.1. The van der Waals surface area contributed by atoms with E-state index in [-0.39, 0.29) is 16.6 Å². The molecule has 0 fully saturated rings. The molecule has 42 heavy (non-hydrogen) atoms. The second-order valence-corrected chi connectivity index (χ2v) is 12.8. The lowest BCUT2D eigenvalue weighted by Gasteiger charge is -2.22. The Labute approximate surface area is 247 Å². The summed E-state index contributed by atoms with van der Waals surface area (Å²) in [6.07, 6.45) is 3.67. The lowest BCUT2D eigenvalue weighted by molar-refractivity contribution is 0.448. The lowest BCUT2D eigenvalue weighted by atomic mass is 9.84. The first-order valence-electron chi connectivity index (χ1n) is 14.4. The van der Waals surface area contributed by atoms with Gasteiger partial charge in [-0.15, -0.1) is 0 Å². The van der Waals surface area contributed by atoms with Crippen LogP contribution in [0.15, 0.2) is 103 Å².